The molecule has 0 atom stereocenters. The molecule has 18 heavy (non-hydrogen) atoms. The molecule has 1 saturated heterocycles. The van der Waals surface area contributed by atoms with Crippen molar-refractivity contribution in [2.75, 3.05) is 33.2 Å². The first-order chi connectivity index (χ1) is 8.61. The summed E-state index contributed by atoms with van der Waals surface area (Å²) in [6, 6.07) is 0.159. The van der Waals surface area contributed by atoms with Crippen LogP contribution < -0.4 is 5.32 Å². The molecule has 0 unspecified atom stereocenters. The fourth-order valence-electron chi connectivity index (χ4n) is 2.34. The second-order valence-electron chi connectivity index (χ2n) is 4.78. The van der Waals surface area contributed by atoms with Gasteiger partial charge in [-0.3, -0.25) is 9.59 Å². The van der Waals surface area contributed by atoms with Gasteiger partial charge in [-0.2, -0.15) is 0 Å². The first-order valence-electron chi connectivity index (χ1n) is 6.88. The molecule has 5 heteroatoms. The summed E-state index contributed by atoms with van der Waals surface area (Å²) in [7, 11) is 1.73. The third-order valence-electron chi connectivity index (χ3n) is 3.62. The van der Waals surface area contributed by atoms with Gasteiger partial charge in [-0.05, 0) is 25.8 Å². The quantitative estimate of drug-likeness (QED) is 0.745. The van der Waals surface area contributed by atoms with Crippen LogP contribution in [0.3, 0.4) is 0 Å². The molecule has 0 radical (unpaired) electrons. The minimum Gasteiger partial charge on any atom is -0.335 e. The highest BCUT2D eigenvalue weighted by molar-refractivity contribution is 6.34. The second-order valence-corrected chi connectivity index (χ2v) is 4.78. The first kappa shape index (κ1) is 15.0. The fourth-order valence-corrected chi connectivity index (χ4v) is 2.34. The van der Waals surface area contributed by atoms with Crippen LogP contribution in [0.25, 0.3) is 0 Å². The maximum Gasteiger partial charge on any atom is 0.312 e. The topological polar surface area (TPSA) is 52.7 Å². The van der Waals surface area contributed by atoms with Crippen LogP contribution in [-0.2, 0) is 9.59 Å². The Labute approximate surface area is 110 Å². The number of hydrogen-bond acceptors (Lipinski definition) is 3. The van der Waals surface area contributed by atoms with Gasteiger partial charge in [0.25, 0.3) is 0 Å². The summed E-state index contributed by atoms with van der Waals surface area (Å²) in [5.74, 6) is -0.723. The lowest BCUT2D eigenvalue weighted by atomic mass is 10.1. The van der Waals surface area contributed by atoms with Gasteiger partial charge in [0.1, 0.15) is 0 Å². The smallest absolute Gasteiger partial charge is 0.312 e. The Morgan fingerprint density at radius 3 is 2.50 bits per heavy atom. The number of nitrogens with zero attached hydrogens (tertiary/aromatic N) is 2. The van der Waals surface area contributed by atoms with Gasteiger partial charge in [0.05, 0.1) is 0 Å². The number of hydrogen-bond donors (Lipinski definition) is 1. The lowest BCUT2D eigenvalue weighted by Crippen LogP contribution is -2.48. The summed E-state index contributed by atoms with van der Waals surface area (Å²) in [5.41, 5.74) is 0. The van der Waals surface area contributed by atoms with Gasteiger partial charge in [0.2, 0.25) is 0 Å². The third kappa shape index (κ3) is 3.70. The van der Waals surface area contributed by atoms with Crippen LogP contribution in [0, 0.1) is 0 Å². The molecule has 0 aromatic rings. The lowest BCUT2D eigenvalue weighted by Gasteiger charge is -2.28. The van der Waals surface area contributed by atoms with E-state index < -0.39 is 0 Å². The molecule has 1 aliphatic heterocycles. The van der Waals surface area contributed by atoms with Crippen LogP contribution in [0.2, 0.25) is 0 Å². The van der Waals surface area contributed by atoms with Crippen molar-refractivity contribution in [2.24, 2.45) is 0 Å². The number of nitrogens with one attached hydrogen (secondary N) is 1. The van der Waals surface area contributed by atoms with Crippen LogP contribution in [0.1, 0.15) is 33.1 Å². The van der Waals surface area contributed by atoms with E-state index in [1.54, 1.807) is 16.8 Å². The molecule has 0 aromatic carbocycles. The molecule has 0 saturated carbocycles. The SMILES string of the molecule is CCC(CC)N(C)C(=O)C(=O)N1CCCNCC1. The van der Waals surface area contributed by atoms with Gasteiger partial charge < -0.3 is 15.1 Å². The van der Waals surface area contributed by atoms with Crippen LogP contribution in [0.15, 0.2) is 0 Å². The molecule has 1 fully saturated rings. The highest BCUT2D eigenvalue weighted by atomic mass is 16.2. The van der Waals surface area contributed by atoms with Crippen molar-refractivity contribution in [3.05, 3.63) is 0 Å². The van der Waals surface area contributed by atoms with Gasteiger partial charge >= 0.3 is 11.8 Å². The van der Waals surface area contributed by atoms with E-state index >= 15 is 0 Å². The average Bonchev–Trinajstić information content (AvgIpc) is 2.67. The van der Waals surface area contributed by atoms with E-state index in [-0.39, 0.29) is 17.9 Å². The minimum atomic E-state index is -0.370. The first-order valence-corrected chi connectivity index (χ1v) is 6.88. The van der Waals surface area contributed by atoms with Crippen molar-refractivity contribution in [1.82, 2.24) is 15.1 Å². The molecule has 5 nitrogen and oxygen atoms in total. The summed E-state index contributed by atoms with van der Waals surface area (Å²) in [4.78, 5) is 27.5. The molecule has 1 heterocycles. The van der Waals surface area contributed by atoms with E-state index in [1.165, 1.54) is 0 Å². The van der Waals surface area contributed by atoms with Gasteiger partial charge in [0, 0.05) is 32.7 Å². The van der Waals surface area contributed by atoms with Crippen molar-refractivity contribution in [1.29, 1.82) is 0 Å². The second kappa shape index (κ2) is 7.36. The highest BCUT2D eigenvalue weighted by Gasteiger charge is 2.28. The standard InChI is InChI=1S/C13H25N3O2/c1-4-11(5-2)15(3)12(17)13(18)16-9-6-7-14-8-10-16/h11,14H,4-10H2,1-3H3. The summed E-state index contributed by atoms with van der Waals surface area (Å²) < 4.78 is 0. The largest absolute Gasteiger partial charge is 0.335 e. The van der Waals surface area contributed by atoms with E-state index in [9.17, 15) is 9.59 Å². The monoisotopic (exact) mass is 255 g/mol. The van der Waals surface area contributed by atoms with E-state index in [1.807, 2.05) is 13.8 Å². The zero-order chi connectivity index (χ0) is 13.5. The molecule has 1 aliphatic rings. The minimum absolute atomic E-state index is 0.159. The normalized spacial score (nSPS) is 16.6. The van der Waals surface area contributed by atoms with E-state index in [4.69, 9.17) is 0 Å². The Hall–Kier alpha value is -1.10. The Morgan fingerprint density at radius 1 is 1.22 bits per heavy atom. The zero-order valence-electron chi connectivity index (χ0n) is 11.7. The Kier molecular flexibility index (Phi) is 6.12. The maximum absolute atomic E-state index is 12.1. The molecular formula is C13H25N3O2. The molecule has 2 amide bonds. The van der Waals surface area contributed by atoms with Gasteiger partial charge in [0.15, 0.2) is 0 Å². The summed E-state index contributed by atoms with van der Waals surface area (Å²) in [6.07, 6.45) is 2.68. The van der Waals surface area contributed by atoms with Crippen molar-refractivity contribution in [3.8, 4) is 0 Å². The number of amides is 2. The Morgan fingerprint density at radius 2 is 1.89 bits per heavy atom. The zero-order valence-corrected chi connectivity index (χ0v) is 11.7. The lowest BCUT2D eigenvalue weighted by molar-refractivity contribution is -0.152. The molecule has 104 valence electrons. The van der Waals surface area contributed by atoms with Crippen molar-refractivity contribution in [2.45, 2.75) is 39.2 Å². The average molecular weight is 255 g/mol. The molecule has 0 bridgehead atoms. The third-order valence-corrected chi connectivity index (χ3v) is 3.62. The van der Waals surface area contributed by atoms with Crippen molar-refractivity contribution >= 4 is 11.8 Å². The van der Waals surface area contributed by atoms with E-state index in [0.717, 1.165) is 32.4 Å². The van der Waals surface area contributed by atoms with Crippen LogP contribution in [0.4, 0.5) is 0 Å². The van der Waals surface area contributed by atoms with E-state index in [2.05, 4.69) is 5.32 Å². The van der Waals surface area contributed by atoms with Crippen LogP contribution in [0.5, 0.6) is 0 Å². The van der Waals surface area contributed by atoms with Gasteiger partial charge in [-0.1, -0.05) is 13.8 Å². The highest BCUT2D eigenvalue weighted by Crippen LogP contribution is 2.08. The molecular weight excluding hydrogens is 230 g/mol. The predicted octanol–water partition coefficient (Wildman–Crippen LogP) is 0.455. The van der Waals surface area contributed by atoms with Crippen molar-refractivity contribution < 1.29 is 9.59 Å². The molecule has 0 aliphatic carbocycles. The number of carbonyl (C=O) groups is 2. The number of carbonyl (C=O) groups excluding carboxylic acids is 2. The fraction of sp³-hybridized carbons (Fsp3) is 0.846. The summed E-state index contributed by atoms with van der Waals surface area (Å²) in [5, 5.41) is 3.23. The molecule has 0 spiro atoms. The molecule has 1 rings (SSSR count). The number of likely N-dealkylation sites (N-methyl/N-ethyl adjacent to an activating group) is 1. The van der Waals surface area contributed by atoms with E-state index in [0.29, 0.717) is 13.1 Å². The van der Waals surface area contributed by atoms with Gasteiger partial charge in [-0.25, -0.2) is 0 Å². The predicted molar refractivity (Wildman–Crippen MR) is 71.2 cm³/mol. The molecule has 0 aromatic heterocycles. The molecule has 1 N–H and O–H groups in total. The van der Waals surface area contributed by atoms with Crippen LogP contribution >= 0.6 is 0 Å². The van der Waals surface area contributed by atoms with Crippen LogP contribution in [-0.4, -0.2) is 60.9 Å². The Balaban J connectivity index is 2.61. The van der Waals surface area contributed by atoms with Crippen molar-refractivity contribution in [3.63, 3.8) is 0 Å². The number of rotatable bonds is 3. The maximum atomic E-state index is 12.1. The Bertz CT molecular complexity index is 270. The van der Waals surface area contributed by atoms with Gasteiger partial charge in [-0.15, -0.1) is 0 Å². The summed E-state index contributed by atoms with van der Waals surface area (Å²) >= 11 is 0. The summed E-state index contributed by atoms with van der Waals surface area (Å²) in [6.45, 7) is 7.07.